The number of ether oxygens (including phenoxy) is 3. The van der Waals surface area contributed by atoms with Gasteiger partial charge in [-0.25, -0.2) is 9.78 Å². The molecule has 32 heavy (non-hydrogen) atoms. The van der Waals surface area contributed by atoms with Crippen LogP contribution in [0.3, 0.4) is 0 Å². The molecule has 2 amide bonds. The molecule has 0 saturated carbocycles. The zero-order valence-corrected chi connectivity index (χ0v) is 18.4. The van der Waals surface area contributed by atoms with E-state index in [9.17, 15) is 22.8 Å². The number of benzene rings is 1. The van der Waals surface area contributed by atoms with Crippen molar-refractivity contribution in [3.05, 3.63) is 41.0 Å². The summed E-state index contributed by atoms with van der Waals surface area (Å²) >= 11 is 5.87. The molecule has 0 aliphatic rings. The molecule has 2 rings (SSSR count). The molecule has 0 atom stereocenters. The molecular weight excluding hydrogens is 455 g/mol. The number of methoxy groups -OCH3 is 1. The fourth-order valence-electron chi connectivity index (χ4n) is 2.31. The fraction of sp³-hybridized carbons (Fsp3) is 0.350. The van der Waals surface area contributed by atoms with Gasteiger partial charge in [-0.3, -0.25) is 10.1 Å². The van der Waals surface area contributed by atoms with Crippen LogP contribution in [0, 0.1) is 0 Å². The van der Waals surface area contributed by atoms with Crippen LogP contribution in [0.1, 0.15) is 31.1 Å². The van der Waals surface area contributed by atoms with Crippen molar-refractivity contribution in [3.63, 3.8) is 0 Å². The summed E-state index contributed by atoms with van der Waals surface area (Å²) in [4.78, 5) is 28.2. The lowest BCUT2D eigenvalue weighted by molar-refractivity contribution is -0.154. The van der Waals surface area contributed by atoms with Crippen molar-refractivity contribution in [3.8, 4) is 11.6 Å². The quantitative estimate of drug-likeness (QED) is 0.589. The third-order valence-electron chi connectivity index (χ3n) is 3.54. The second-order valence-electron chi connectivity index (χ2n) is 7.41. The number of hydrogen-bond acceptors (Lipinski definition) is 6. The van der Waals surface area contributed by atoms with Gasteiger partial charge >= 0.3 is 12.3 Å². The summed E-state index contributed by atoms with van der Waals surface area (Å²) in [5, 5.41) is 4.84. The van der Waals surface area contributed by atoms with Crippen LogP contribution in [-0.4, -0.2) is 42.5 Å². The summed E-state index contributed by atoms with van der Waals surface area (Å²) in [6.07, 6.45) is -4.25. The molecule has 0 aliphatic heterocycles. The van der Waals surface area contributed by atoms with Gasteiger partial charge < -0.3 is 19.5 Å². The number of nitrogens with zero attached hydrogens (tertiary/aromatic N) is 1. The van der Waals surface area contributed by atoms with Gasteiger partial charge in [0.15, 0.2) is 6.61 Å². The van der Waals surface area contributed by atoms with Gasteiger partial charge in [-0.15, -0.1) is 0 Å². The summed E-state index contributed by atoms with van der Waals surface area (Å²) in [6.45, 7) is 3.56. The van der Waals surface area contributed by atoms with Crippen LogP contribution >= 0.6 is 11.6 Å². The van der Waals surface area contributed by atoms with E-state index in [4.69, 9.17) is 21.1 Å². The summed E-state index contributed by atoms with van der Waals surface area (Å²) in [7, 11) is 1.41. The Morgan fingerprint density at radius 1 is 1.12 bits per heavy atom. The number of nitrogens with one attached hydrogen (secondary N) is 2. The topological polar surface area (TPSA) is 98.8 Å². The molecule has 12 heteroatoms. The predicted octanol–water partition coefficient (Wildman–Crippen LogP) is 5.28. The lowest BCUT2D eigenvalue weighted by Gasteiger charge is -2.20. The molecule has 0 aliphatic carbocycles. The van der Waals surface area contributed by atoms with Gasteiger partial charge in [0.05, 0.1) is 18.4 Å². The Labute approximate surface area is 187 Å². The van der Waals surface area contributed by atoms with E-state index in [1.165, 1.54) is 25.3 Å². The third-order valence-corrected chi connectivity index (χ3v) is 3.81. The number of carbonyl (C=O) groups excluding carboxylic acids is 2. The summed E-state index contributed by atoms with van der Waals surface area (Å²) in [5.74, 6) is -0.770. The van der Waals surface area contributed by atoms with E-state index in [0.29, 0.717) is 5.75 Å². The number of pyridine rings is 1. The molecule has 0 unspecified atom stereocenters. The van der Waals surface area contributed by atoms with Crippen molar-refractivity contribution in [2.75, 3.05) is 24.4 Å². The van der Waals surface area contributed by atoms with Crippen molar-refractivity contribution in [1.82, 2.24) is 4.98 Å². The number of anilines is 2. The minimum Gasteiger partial charge on any atom is -0.495 e. The number of carbonyl (C=O) groups is 2. The van der Waals surface area contributed by atoms with Gasteiger partial charge in [0.2, 0.25) is 5.88 Å². The Morgan fingerprint density at radius 2 is 1.81 bits per heavy atom. The molecule has 2 N–H and O–H groups in total. The monoisotopic (exact) mass is 475 g/mol. The van der Waals surface area contributed by atoms with Gasteiger partial charge in [0.25, 0.3) is 5.91 Å². The van der Waals surface area contributed by atoms with Crippen molar-refractivity contribution in [1.29, 1.82) is 0 Å². The first-order valence-electron chi connectivity index (χ1n) is 9.12. The molecule has 1 heterocycles. The average Bonchev–Trinajstić information content (AvgIpc) is 2.65. The Hall–Kier alpha value is -3.21. The number of hydrogen-bond donors (Lipinski definition) is 2. The molecule has 1 aromatic heterocycles. The van der Waals surface area contributed by atoms with Crippen molar-refractivity contribution < 1.29 is 37.0 Å². The van der Waals surface area contributed by atoms with Gasteiger partial charge in [-0.2, -0.15) is 13.2 Å². The van der Waals surface area contributed by atoms with E-state index < -0.39 is 36.3 Å². The fourth-order valence-corrected chi connectivity index (χ4v) is 2.53. The SMILES string of the molecule is COc1ccc(NC(=O)c2cnc(OCC(F)(F)F)c(Cl)c2)cc1NC(=O)OC(C)(C)C. The minimum absolute atomic E-state index is 0.0215. The van der Waals surface area contributed by atoms with Gasteiger partial charge in [-0.05, 0) is 45.0 Å². The first-order valence-corrected chi connectivity index (χ1v) is 9.49. The maximum atomic E-state index is 12.5. The van der Waals surface area contributed by atoms with E-state index in [1.54, 1.807) is 20.8 Å². The smallest absolute Gasteiger partial charge is 0.422 e. The zero-order valence-electron chi connectivity index (χ0n) is 17.6. The highest BCUT2D eigenvalue weighted by atomic mass is 35.5. The van der Waals surface area contributed by atoms with Crippen LogP contribution < -0.4 is 20.1 Å². The number of halogens is 4. The highest BCUT2D eigenvalue weighted by molar-refractivity contribution is 6.32. The number of amides is 2. The normalized spacial score (nSPS) is 11.5. The molecule has 0 spiro atoms. The minimum atomic E-state index is -4.56. The lowest BCUT2D eigenvalue weighted by atomic mass is 10.2. The van der Waals surface area contributed by atoms with E-state index in [2.05, 4.69) is 20.4 Å². The molecule has 0 radical (unpaired) electrons. The molecular formula is C20H21ClF3N3O5. The van der Waals surface area contributed by atoms with Crippen molar-refractivity contribution in [2.24, 2.45) is 0 Å². The standard InChI is InChI=1S/C20H21ClF3N3O5/c1-19(2,3)32-18(29)27-14-8-12(5-6-15(14)30-4)26-16(28)11-7-13(21)17(25-9-11)31-10-20(22,23)24/h5-9H,10H2,1-4H3,(H,26,28)(H,27,29). The van der Waals surface area contributed by atoms with Crippen molar-refractivity contribution >= 4 is 35.0 Å². The van der Waals surface area contributed by atoms with Crippen LogP contribution in [0.2, 0.25) is 5.02 Å². The van der Waals surface area contributed by atoms with Crippen LogP contribution in [0.5, 0.6) is 11.6 Å². The Kier molecular flexibility index (Phi) is 7.78. The molecule has 8 nitrogen and oxygen atoms in total. The van der Waals surface area contributed by atoms with E-state index in [0.717, 1.165) is 12.3 Å². The highest BCUT2D eigenvalue weighted by Gasteiger charge is 2.29. The van der Waals surface area contributed by atoms with Crippen LogP contribution in [0.25, 0.3) is 0 Å². The van der Waals surface area contributed by atoms with E-state index >= 15 is 0 Å². The van der Waals surface area contributed by atoms with E-state index in [1.807, 2.05) is 0 Å². The van der Waals surface area contributed by atoms with Crippen LogP contribution in [-0.2, 0) is 4.74 Å². The van der Waals surface area contributed by atoms with E-state index in [-0.39, 0.29) is 22.0 Å². The summed E-state index contributed by atoms with van der Waals surface area (Å²) in [6, 6.07) is 5.60. The zero-order chi connectivity index (χ0) is 24.1. The van der Waals surface area contributed by atoms with Crippen LogP contribution in [0.15, 0.2) is 30.5 Å². The first-order chi connectivity index (χ1) is 14.8. The van der Waals surface area contributed by atoms with Crippen LogP contribution in [0.4, 0.5) is 29.3 Å². The average molecular weight is 476 g/mol. The molecule has 2 aromatic rings. The molecule has 1 aromatic carbocycles. The molecule has 0 fully saturated rings. The number of aromatic nitrogens is 1. The second-order valence-corrected chi connectivity index (χ2v) is 7.82. The summed E-state index contributed by atoms with van der Waals surface area (Å²) in [5.41, 5.74) is -0.209. The van der Waals surface area contributed by atoms with Crippen molar-refractivity contribution in [2.45, 2.75) is 32.5 Å². The molecule has 0 saturated heterocycles. The molecule has 174 valence electrons. The highest BCUT2D eigenvalue weighted by Crippen LogP contribution is 2.29. The number of rotatable bonds is 6. The maximum absolute atomic E-state index is 12.5. The summed E-state index contributed by atoms with van der Waals surface area (Å²) < 4.78 is 51.7. The largest absolute Gasteiger partial charge is 0.495 e. The second kappa shape index (κ2) is 9.94. The Morgan fingerprint density at radius 3 is 2.38 bits per heavy atom. The number of alkyl halides is 3. The third kappa shape index (κ3) is 7.80. The maximum Gasteiger partial charge on any atom is 0.422 e. The molecule has 0 bridgehead atoms. The van der Waals surface area contributed by atoms with Gasteiger partial charge in [0.1, 0.15) is 16.4 Å². The van der Waals surface area contributed by atoms with Gasteiger partial charge in [0, 0.05) is 11.9 Å². The Bertz CT molecular complexity index is 993. The van der Waals surface area contributed by atoms with Gasteiger partial charge in [-0.1, -0.05) is 11.6 Å². The first kappa shape index (κ1) is 25.1. The Balaban J connectivity index is 2.14. The lowest BCUT2D eigenvalue weighted by Crippen LogP contribution is -2.27. The predicted molar refractivity (Wildman–Crippen MR) is 112 cm³/mol.